The molecule has 0 saturated carbocycles. The molecule has 0 amide bonds. The quantitative estimate of drug-likeness (QED) is 0.0211. The van der Waals surface area contributed by atoms with Gasteiger partial charge in [0.25, 0.3) is 6.29 Å². The van der Waals surface area contributed by atoms with E-state index < -0.39 is 24.3 Å². The van der Waals surface area contributed by atoms with Crippen LogP contribution in [0.1, 0.15) is 348 Å². The molecule has 466 valence electrons. The number of hydrogen-bond donors (Lipinski definition) is 1. The third kappa shape index (κ3) is 63.2. The van der Waals surface area contributed by atoms with Crippen molar-refractivity contribution in [3.63, 3.8) is 0 Å². The first-order chi connectivity index (χ1) is 38.6. The highest BCUT2D eigenvalue weighted by Crippen LogP contribution is 2.19. The molecule has 0 radical (unpaired) electrons. The van der Waals surface area contributed by atoms with Gasteiger partial charge in [-0.2, -0.15) is 0 Å². The maximum atomic E-state index is 12.9. The van der Waals surface area contributed by atoms with Gasteiger partial charge in [0.15, 0.2) is 6.10 Å². The second-order valence-electron chi connectivity index (χ2n) is 24.8. The number of hydrogen-bond acceptors (Lipinski definition) is 7. The predicted octanol–water partition coefficient (Wildman–Crippen LogP) is 21.0. The van der Waals surface area contributed by atoms with Gasteiger partial charge < -0.3 is 28.5 Å². The molecule has 0 aromatic heterocycles. The summed E-state index contributed by atoms with van der Waals surface area (Å²) in [6.07, 6.45) is 73.3. The predicted molar refractivity (Wildman–Crippen MR) is 337 cm³/mol. The van der Waals surface area contributed by atoms with Crippen molar-refractivity contribution >= 4 is 17.9 Å². The lowest BCUT2D eigenvalue weighted by Gasteiger charge is -2.25. The van der Waals surface area contributed by atoms with Crippen LogP contribution >= 0.6 is 0 Å². The molecule has 0 aliphatic carbocycles. The number of likely N-dealkylation sites (N-methyl/N-ethyl adjacent to an activating group) is 1. The molecule has 2 atom stereocenters. The molecule has 2 unspecified atom stereocenters. The Kier molecular flexibility index (Phi) is 60.1. The van der Waals surface area contributed by atoms with Crippen LogP contribution in [0.5, 0.6) is 0 Å². The number of carboxylic acid groups (broad SMARTS) is 1. The van der Waals surface area contributed by atoms with Crippen LogP contribution < -0.4 is 0 Å². The summed E-state index contributed by atoms with van der Waals surface area (Å²) < 4.78 is 22.9. The van der Waals surface area contributed by atoms with Crippen molar-refractivity contribution in [2.24, 2.45) is 0 Å². The number of unbranched alkanes of at least 4 members (excludes halogenated alkanes) is 46. The van der Waals surface area contributed by atoms with Gasteiger partial charge in [-0.15, -0.1) is 0 Å². The molecule has 0 rings (SSSR count). The van der Waals surface area contributed by atoms with E-state index in [0.29, 0.717) is 23.9 Å². The van der Waals surface area contributed by atoms with Crippen molar-refractivity contribution in [3.05, 3.63) is 24.3 Å². The van der Waals surface area contributed by atoms with Gasteiger partial charge in [-0.25, -0.2) is 4.79 Å². The first-order valence-electron chi connectivity index (χ1n) is 34.5. The Balaban J connectivity index is 3.89. The van der Waals surface area contributed by atoms with Gasteiger partial charge in [0.2, 0.25) is 0 Å². The van der Waals surface area contributed by atoms with Gasteiger partial charge in [0, 0.05) is 12.8 Å². The fraction of sp³-hybridized carbons (Fsp3) is 0.900. The van der Waals surface area contributed by atoms with Crippen LogP contribution in [0.15, 0.2) is 24.3 Å². The molecule has 0 aromatic rings. The number of ether oxygens (including phenoxy) is 4. The molecule has 9 heteroatoms. The number of esters is 2. The lowest BCUT2D eigenvalue weighted by Crippen LogP contribution is -2.40. The summed E-state index contributed by atoms with van der Waals surface area (Å²) in [5.41, 5.74) is 0. The van der Waals surface area contributed by atoms with E-state index >= 15 is 0 Å². The average Bonchev–Trinajstić information content (AvgIpc) is 3.42. The number of nitrogens with zero attached hydrogens (tertiary/aromatic N) is 1. The highest BCUT2D eigenvalue weighted by molar-refractivity contribution is 5.71. The van der Waals surface area contributed by atoms with Crippen molar-refractivity contribution in [2.45, 2.75) is 360 Å². The molecular weight excluding hydrogens is 983 g/mol. The van der Waals surface area contributed by atoms with Gasteiger partial charge in [-0.05, 0) is 44.9 Å². The summed E-state index contributed by atoms with van der Waals surface area (Å²) in [6.45, 7) is 4.89. The molecular formula is C70H134NO8+. The summed E-state index contributed by atoms with van der Waals surface area (Å²) in [5.74, 6) is -2.00. The number of carbonyl (C=O) groups excluding carboxylic acids is 2. The second kappa shape index (κ2) is 61.8. The molecule has 0 heterocycles. The van der Waals surface area contributed by atoms with Gasteiger partial charge >= 0.3 is 17.9 Å². The number of carboxylic acids is 1. The van der Waals surface area contributed by atoms with Crippen LogP contribution in [0, 0.1) is 0 Å². The van der Waals surface area contributed by atoms with E-state index in [1.54, 1.807) is 0 Å². The van der Waals surface area contributed by atoms with E-state index in [-0.39, 0.29) is 32.2 Å². The van der Waals surface area contributed by atoms with Crippen LogP contribution in [-0.2, 0) is 33.3 Å². The molecule has 0 fully saturated rings. The Hall–Kier alpha value is -2.23. The van der Waals surface area contributed by atoms with E-state index in [0.717, 1.165) is 57.8 Å². The zero-order valence-corrected chi connectivity index (χ0v) is 53.3. The third-order valence-corrected chi connectivity index (χ3v) is 15.7. The van der Waals surface area contributed by atoms with Crippen LogP contribution in [0.3, 0.4) is 0 Å². The minimum absolute atomic E-state index is 0.183. The molecule has 79 heavy (non-hydrogen) atoms. The van der Waals surface area contributed by atoms with Crippen molar-refractivity contribution in [1.29, 1.82) is 0 Å². The Morgan fingerprint density at radius 3 is 1.03 bits per heavy atom. The van der Waals surface area contributed by atoms with E-state index in [2.05, 4.69) is 38.2 Å². The summed E-state index contributed by atoms with van der Waals surface area (Å²) >= 11 is 0. The monoisotopic (exact) mass is 1120 g/mol. The second-order valence-corrected chi connectivity index (χ2v) is 24.8. The number of rotatable bonds is 65. The zero-order valence-electron chi connectivity index (χ0n) is 53.3. The van der Waals surface area contributed by atoms with Gasteiger partial charge in [0.1, 0.15) is 13.2 Å². The number of allylic oxidation sites excluding steroid dienone is 4. The fourth-order valence-corrected chi connectivity index (χ4v) is 10.4. The molecule has 0 spiro atoms. The summed E-state index contributed by atoms with van der Waals surface area (Å²) in [7, 11) is 5.97. The fourth-order valence-electron chi connectivity index (χ4n) is 10.4. The number of aliphatic carboxylic acids is 1. The van der Waals surface area contributed by atoms with Crippen molar-refractivity contribution in [1.82, 2.24) is 0 Å². The SMILES string of the molecule is CCCCC/C=C\C/C=C\CCCCCCCC(=O)OC(COC(=O)CCCCCCCCCCCCCCCCCCCCCCCCCCCCCCCCCCCCCCCCC)COC(OCC[N+](C)(C)C)C(=O)O. The molecule has 1 N–H and O–H groups in total. The Bertz CT molecular complexity index is 1340. The topological polar surface area (TPSA) is 108 Å². The van der Waals surface area contributed by atoms with Crippen molar-refractivity contribution in [2.75, 3.05) is 47.5 Å². The third-order valence-electron chi connectivity index (χ3n) is 15.7. The highest BCUT2D eigenvalue weighted by atomic mass is 16.7. The highest BCUT2D eigenvalue weighted by Gasteiger charge is 2.25. The maximum absolute atomic E-state index is 12.9. The van der Waals surface area contributed by atoms with E-state index in [1.165, 1.54) is 257 Å². The van der Waals surface area contributed by atoms with Crippen LogP contribution in [0.25, 0.3) is 0 Å². The first-order valence-corrected chi connectivity index (χ1v) is 34.5. The van der Waals surface area contributed by atoms with Crippen LogP contribution in [0.4, 0.5) is 0 Å². The largest absolute Gasteiger partial charge is 0.477 e. The van der Waals surface area contributed by atoms with Crippen LogP contribution in [-0.4, -0.2) is 87.4 Å². The first kappa shape index (κ1) is 76.8. The smallest absolute Gasteiger partial charge is 0.361 e. The number of quaternary nitrogens is 1. The maximum Gasteiger partial charge on any atom is 0.361 e. The molecule has 0 aliphatic heterocycles. The zero-order chi connectivity index (χ0) is 57.6. The summed E-state index contributed by atoms with van der Waals surface area (Å²) in [4.78, 5) is 37.4. The standard InChI is InChI=1S/C70H133NO8/c1-6-8-10-12-14-16-18-20-22-23-24-25-26-27-28-29-30-31-32-33-34-35-36-37-38-39-40-41-42-43-44-45-47-48-50-52-54-56-58-60-67(72)77-64-66(65-78-70(69(74)75)76-63-62-71(3,4)5)79-68(73)61-59-57-55-53-51-49-46-21-19-17-15-13-11-9-7-2/h15,17,21,46,66,70H,6-14,16,18-20,22-45,47-65H2,1-5H3/p+1/b17-15-,46-21-. The van der Waals surface area contributed by atoms with Crippen LogP contribution in [0.2, 0.25) is 0 Å². The average molecular weight is 1120 g/mol. The van der Waals surface area contributed by atoms with Gasteiger partial charge in [-0.1, -0.05) is 314 Å². The van der Waals surface area contributed by atoms with Gasteiger partial charge in [-0.3, -0.25) is 9.59 Å². The minimum Gasteiger partial charge on any atom is -0.477 e. The number of carbonyl (C=O) groups is 3. The Morgan fingerprint density at radius 2 is 0.684 bits per heavy atom. The molecule has 0 bridgehead atoms. The van der Waals surface area contributed by atoms with E-state index in [4.69, 9.17) is 18.9 Å². The minimum atomic E-state index is -1.51. The summed E-state index contributed by atoms with van der Waals surface area (Å²) in [6, 6.07) is 0. The normalized spacial score (nSPS) is 12.8. The van der Waals surface area contributed by atoms with E-state index in [1.807, 2.05) is 21.1 Å². The van der Waals surface area contributed by atoms with E-state index in [9.17, 15) is 19.5 Å². The van der Waals surface area contributed by atoms with Gasteiger partial charge in [0.05, 0.1) is 34.4 Å². The lowest BCUT2D eigenvalue weighted by molar-refractivity contribution is -0.870. The molecule has 0 aromatic carbocycles. The lowest BCUT2D eigenvalue weighted by atomic mass is 10.0. The molecule has 9 nitrogen and oxygen atoms in total. The van der Waals surface area contributed by atoms with Crippen molar-refractivity contribution < 1.29 is 42.9 Å². The Morgan fingerprint density at radius 1 is 0.380 bits per heavy atom. The molecule has 0 saturated heterocycles. The Labute approximate surface area is 490 Å². The summed E-state index contributed by atoms with van der Waals surface area (Å²) in [5, 5.41) is 9.71. The molecule has 0 aliphatic rings. The van der Waals surface area contributed by atoms with Crippen molar-refractivity contribution in [3.8, 4) is 0 Å².